The van der Waals surface area contributed by atoms with Crippen LogP contribution in [-0.4, -0.2) is 25.8 Å². The molecule has 0 saturated heterocycles. The van der Waals surface area contributed by atoms with Gasteiger partial charge in [0.25, 0.3) is 0 Å². The van der Waals surface area contributed by atoms with Gasteiger partial charge in [-0.1, -0.05) is 30.3 Å². The number of rotatable bonds is 2. The number of nitrogens with one attached hydrogen (secondary N) is 2. The van der Waals surface area contributed by atoms with Gasteiger partial charge in [0.1, 0.15) is 0 Å². The average molecular weight is 458 g/mol. The van der Waals surface area contributed by atoms with Crippen molar-refractivity contribution in [1.29, 1.82) is 0 Å². The first kappa shape index (κ1) is 21.9. The van der Waals surface area contributed by atoms with Crippen LogP contribution in [0.4, 0.5) is 0 Å². The maximum Gasteiger partial charge on any atom is 0.241 e. The van der Waals surface area contributed by atoms with Gasteiger partial charge in [0.05, 0.1) is 22.8 Å². The standard InChI is InChI=1S/C20H14N4.C9H9NO/c1-2-14-10-16-5-6-18(23-16)12-20-8-7-19(24-20)11-17-4-3-15(22-17)9-13(1)21-14;10-9(11)7-6-8-4-2-1-3-5-8/h1-12,21,24H;1-7H,(H2,10,11). The normalized spacial score (nSPS) is 11.9. The molecule has 4 aromatic rings. The maximum atomic E-state index is 10.3. The van der Waals surface area contributed by atoms with Crippen molar-refractivity contribution in [3.05, 3.63) is 113 Å². The van der Waals surface area contributed by atoms with Crippen LogP contribution in [0, 0.1) is 0 Å². The number of hydrogen-bond donors (Lipinski definition) is 3. The predicted octanol–water partition coefficient (Wildman–Crippen LogP) is 5.84. The Morgan fingerprint density at radius 3 is 1.40 bits per heavy atom. The van der Waals surface area contributed by atoms with Gasteiger partial charge < -0.3 is 15.7 Å². The van der Waals surface area contributed by atoms with E-state index in [9.17, 15) is 4.79 Å². The van der Waals surface area contributed by atoms with E-state index in [0.717, 1.165) is 50.4 Å². The molecule has 0 atom stereocenters. The van der Waals surface area contributed by atoms with Crippen LogP contribution in [0.25, 0.3) is 52.4 Å². The summed E-state index contributed by atoms with van der Waals surface area (Å²) in [5, 5.41) is 0. The van der Waals surface area contributed by atoms with E-state index < -0.39 is 5.91 Å². The van der Waals surface area contributed by atoms with E-state index in [1.54, 1.807) is 6.08 Å². The van der Waals surface area contributed by atoms with Gasteiger partial charge in [-0.2, -0.15) is 0 Å². The number of primary amides is 1. The molecule has 0 spiro atoms. The average Bonchev–Trinajstić information content (AvgIpc) is 3.65. The largest absolute Gasteiger partial charge is 0.366 e. The molecule has 170 valence electrons. The van der Waals surface area contributed by atoms with E-state index in [2.05, 4.69) is 44.2 Å². The molecule has 1 amide bonds. The van der Waals surface area contributed by atoms with Gasteiger partial charge in [-0.25, -0.2) is 9.97 Å². The van der Waals surface area contributed by atoms with Crippen LogP contribution < -0.4 is 5.73 Å². The van der Waals surface area contributed by atoms with Crippen molar-refractivity contribution >= 4 is 58.4 Å². The molecule has 2 aliphatic rings. The van der Waals surface area contributed by atoms with Gasteiger partial charge in [0.2, 0.25) is 5.91 Å². The summed E-state index contributed by atoms with van der Waals surface area (Å²) in [5.74, 6) is -0.422. The third-order valence-corrected chi connectivity index (χ3v) is 5.28. The molecule has 0 radical (unpaired) electrons. The summed E-state index contributed by atoms with van der Waals surface area (Å²) in [6.07, 6.45) is 11.1. The Morgan fingerprint density at radius 1 is 0.629 bits per heavy atom. The highest BCUT2D eigenvalue weighted by atomic mass is 16.1. The Hall–Kier alpha value is -4.97. The zero-order chi connectivity index (χ0) is 24.0. The number of benzene rings is 1. The minimum atomic E-state index is -0.422. The number of carbonyl (C=O) groups excluding carboxylic acids is 1. The molecule has 0 unspecified atom stereocenters. The summed E-state index contributed by atoms with van der Waals surface area (Å²) in [7, 11) is 0. The van der Waals surface area contributed by atoms with Crippen LogP contribution in [0.3, 0.4) is 0 Å². The second-order valence-corrected chi connectivity index (χ2v) is 8.05. The van der Waals surface area contributed by atoms with E-state index >= 15 is 0 Å². The number of amides is 1. The number of fused-ring (bicyclic) bond motifs is 8. The zero-order valence-electron chi connectivity index (χ0n) is 18.8. The summed E-state index contributed by atoms with van der Waals surface area (Å²) in [6.45, 7) is 0. The minimum absolute atomic E-state index is 0.422. The van der Waals surface area contributed by atoms with Crippen LogP contribution in [0.2, 0.25) is 0 Å². The Morgan fingerprint density at radius 2 is 1.03 bits per heavy atom. The highest BCUT2D eigenvalue weighted by Crippen LogP contribution is 2.17. The molecule has 2 aliphatic heterocycles. The monoisotopic (exact) mass is 457 g/mol. The molecular formula is C29H23N5O. The van der Waals surface area contributed by atoms with Gasteiger partial charge in [0.15, 0.2) is 0 Å². The summed E-state index contributed by atoms with van der Waals surface area (Å²) in [5.41, 5.74) is 13.8. The van der Waals surface area contributed by atoms with Crippen molar-refractivity contribution in [1.82, 2.24) is 19.9 Å². The van der Waals surface area contributed by atoms with Gasteiger partial charge >= 0.3 is 0 Å². The predicted molar refractivity (Wildman–Crippen MR) is 144 cm³/mol. The molecular weight excluding hydrogens is 434 g/mol. The van der Waals surface area contributed by atoms with Crippen LogP contribution in [0.1, 0.15) is 28.3 Å². The topological polar surface area (TPSA) is 100 Å². The van der Waals surface area contributed by atoms with E-state index in [-0.39, 0.29) is 0 Å². The molecule has 35 heavy (non-hydrogen) atoms. The fourth-order valence-electron chi connectivity index (χ4n) is 3.69. The Balaban J connectivity index is 0.000000195. The van der Waals surface area contributed by atoms with Gasteiger partial charge in [0, 0.05) is 28.1 Å². The number of carbonyl (C=O) groups is 1. The molecule has 0 aliphatic carbocycles. The van der Waals surface area contributed by atoms with Crippen LogP contribution in [-0.2, 0) is 4.79 Å². The third-order valence-electron chi connectivity index (χ3n) is 5.28. The second-order valence-electron chi connectivity index (χ2n) is 8.05. The fourth-order valence-corrected chi connectivity index (χ4v) is 3.69. The number of nitrogens with two attached hydrogens (primary N) is 1. The van der Waals surface area contributed by atoms with E-state index in [1.165, 1.54) is 6.08 Å². The summed E-state index contributed by atoms with van der Waals surface area (Å²) in [4.78, 5) is 26.3. The van der Waals surface area contributed by atoms with Crippen LogP contribution >= 0.6 is 0 Å². The highest BCUT2D eigenvalue weighted by Gasteiger charge is 2.01. The van der Waals surface area contributed by atoms with Gasteiger partial charge in [-0.05, 0) is 84.5 Å². The van der Waals surface area contributed by atoms with Crippen LogP contribution in [0.5, 0.6) is 0 Å². The minimum Gasteiger partial charge on any atom is -0.366 e. The lowest BCUT2D eigenvalue weighted by Crippen LogP contribution is -2.04. The molecule has 1 aromatic carbocycles. The van der Waals surface area contributed by atoms with Crippen molar-refractivity contribution in [3.8, 4) is 0 Å². The van der Waals surface area contributed by atoms with E-state index in [4.69, 9.17) is 5.73 Å². The Kier molecular flexibility index (Phi) is 6.17. The summed E-state index contributed by atoms with van der Waals surface area (Å²) >= 11 is 0. The molecule has 4 N–H and O–H groups in total. The first-order chi connectivity index (χ1) is 17.1. The highest BCUT2D eigenvalue weighted by molar-refractivity contribution is 5.90. The lowest BCUT2D eigenvalue weighted by Gasteiger charge is -1.88. The molecule has 5 heterocycles. The van der Waals surface area contributed by atoms with Gasteiger partial charge in [-0.15, -0.1) is 0 Å². The molecule has 3 aromatic heterocycles. The molecule has 6 heteroatoms. The molecule has 0 fully saturated rings. The smallest absolute Gasteiger partial charge is 0.241 e. The van der Waals surface area contributed by atoms with E-state index in [0.29, 0.717) is 0 Å². The van der Waals surface area contributed by atoms with Crippen molar-refractivity contribution in [3.63, 3.8) is 0 Å². The number of H-pyrrole nitrogens is 2. The van der Waals surface area contributed by atoms with Crippen molar-refractivity contribution in [2.24, 2.45) is 5.73 Å². The fraction of sp³-hybridized carbons (Fsp3) is 0. The number of aromatic amines is 2. The van der Waals surface area contributed by atoms with Crippen molar-refractivity contribution in [2.75, 3.05) is 0 Å². The molecule has 6 nitrogen and oxygen atoms in total. The van der Waals surface area contributed by atoms with Crippen molar-refractivity contribution in [2.45, 2.75) is 0 Å². The number of aromatic nitrogens is 4. The summed E-state index contributed by atoms with van der Waals surface area (Å²) in [6, 6.07) is 25.9. The first-order valence-corrected chi connectivity index (χ1v) is 11.2. The summed E-state index contributed by atoms with van der Waals surface area (Å²) < 4.78 is 0. The van der Waals surface area contributed by atoms with E-state index in [1.807, 2.05) is 78.9 Å². The lowest BCUT2D eigenvalue weighted by molar-refractivity contribution is -0.113. The van der Waals surface area contributed by atoms with Crippen molar-refractivity contribution < 1.29 is 4.79 Å². The molecule has 6 rings (SSSR count). The second kappa shape index (κ2) is 9.89. The maximum absolute atomic E-state index is 10.3. The van der Waals surface area contributed by atoms with Crippen LogP contribution in [0.15, 0.2) is 84.9 Å². The third kappa shape index (κ3) is 5.89. The molecule has 8 bridgehead atoms. The van der Waals surface area contributed by atoms with Gasteiger partial charge in [-0.3, -0.25) is 4.79 Å². The Bertz CT molecular complexity index is 1450. The number of hydrogen-bond acceptors (Lipinski definition) is 3. The number of nitrogens with zero attached hydrogens (tertiary/aromatic N) is 2. The zero-order valence-corrected chi connectivity index (χ0v) is 18.8. The SMILES string of the molecule is C1=Cc2cc3ccc(cc4nc(cc5ccc(cc1n2)[nH]5)C=C4)[nH]3.NC(=O)C=Cc1ccccc1. The first-order valence-electron chi connectivity index (χ1n) is 11.2. The lowest BCUT2D eigenvalue weighted by atomic mass is 10.2. The molecule has 0 saturated carbocycles. The quantitative estimate of drug-likeness (QED) is 0.285. The Labute approximate surface area is 202 Å².